The summed E-state index contributed by atoms with van der Waals surface area (Å²) in [6.07, 6.45) is 4.07. The predicted octanol–water partition coefficient (Wildman–Crippen LogP) is 3.39. The van der Waals surface area contributed by atoms with Gasteiger partial charge in [-0.15, -0.1) is 6.58 Å². The summed E-state index contributed by atoms with van der Waals surface area (Å²) in [7, 11) is 0. The van der Waals surface area contributed by atoms with Gasteiger partial charge in [0.05, 0.1) is 6.61 Å². The average molecular weight is 235 g/mol. The topological polar surface area (TPSA) is 9.23 Å². The highest BCUT2D eigenvalue weighted by Gasteiger charge is 2.15. The van der Waals surface area contributed by atoms with Crippen molar-refractivity contribution in [3.8, 4) is 0 Å². The van der Waals surface area contributed by atoms with Crippen LogP contribution in [0.4, 0.5) is 0 Å². The van der Waals surface area contributed by atoms with E-state index >= 15 is 0 Å². The van der Waals surface area contributed by atoms with E-state index in [2.05, 4.69) is 36.4 Å². The van der Waals surface area contributed by atoms with E-state index in [-0.39, 0.29) is 5.41 Å². The molecule has 0 aliphatic carbocycles. The minimum Gasteiger partial charge on any atom is -0.381 e. The summed E-state index contributed by atoms with van der Waals surface area (Å²) >= 11 is 3.46. The molecule has 2 heteroatoms. The zero-order chi connectivity index (χ0) is 9.45. The molecule has 0 N–H and O–H groups in total. The largest absolute Gasteiger partial charge is 0.381 e. The molecular formula is C10H19BrO. The van der Waals surface area contributed by atoms with Crippen LogP contribution < -0.4 is 0 Å². The minimum atomic E-state index is 0.258. The Bertz CT molecular complexity index is 121. The molecule has 0 amide bonds. The molecule has 0 spiro atoms. The summed E-state index contributed by atoms with van der Waals surface area (Å²) in [6.45, 7) is 9.72. The lowest BCUT2D eigenvalue weighted by Gasteiger charge is -2.20. The van der Waals surface area contributed by atoms with Gasteiger partial charge in [-0.25, -0.2) is 0 Å². The highest BCUT2D eigenvalue weighted by atomic mass is 79.9. The van der Waals surface area contributed by atoms with E-state index in [1.165, 1.54) is 0 Å². The first-order valence-corrected chi connectivity index (χ1v) is 5.49. The number of rotatable bonds is 7. The Balaban J connectivity index is 3.24. The second-order valence-electron chi connectivity index (χ2n) is 3.78. The second-order valence-corrected chi connectivity index (χ2v) is 4.34. The lowest BCUT2D eigenvalue weighted by Crippen LogP contribution is -2.21. The van der Waals surface area contributed by atoms with Crippen LogP contribution in [0.5, 0.6) is 0 Å². The standard InChI is InChI=1S/C10H19BrO/c1-4-5-6-7-12-9-10(2,3)8-11/h4H,1,5-9H2,2-3H3. The Morgan fingerprint density at radius 2 is 2.17 bits per heavy atom. The molecule has 0 aromatic heterocycles. The van der Waals surface area contributed by atoms with Gasteiger partial charge in [-0.2, -0.15) is 0 Å². The molecule has 0 saturated heterocycles. The van der Waals surface area contributed by atoms with Crippen molar-refractivity contribution in [3.05, 3.63) is 12.7 Å². The molecule has 0 aromatic rings. The van der Waals surface area contributed by atoms with Gasteiger partial charge in [0.2, 0.25) is 0 Å². The van der Waals surface area contributed by atoms with Gasteiger partial charge in [0.25, 0.3) is 0 Å². The first-order chi connectivity index (χ1) is 5.62. The molecule has 1 nitrogen and oxygen atoms in total. The zero-order valence-corrected chi connectivity index (χ0v) is 9.69. The van der Waals surface area contributed by atoms with Crippen LogP contribution >= 0.6 is 15.9 Å². The van der Waals surface area contributed by atoms with Crippen molar-refractivity contribution < 1.29 is 4.74 Å². The van der Waals surface area contributed by atoms with Gasteiger partial charge in [0.1, 0.15) is 0 Å². The van der Waals surface area contributed by atoms with Crippen molar-refractivity contribution in [2.45, 2.75) is 26.7 Å². The van der Waals surface area contributed by atoms with Crippen molar-refractivity contribution in [2.24, 2.45) is 5.41 Å². The number of allylic oxidation sites excluding steroid dienone is 1. The number of hydrogen-bond donors (Lipinski definition) is 0. The monoisotopic (exact) mass is 234 g/mol. The SMILES string of the molecule is C=CCCCOCC(C)(C)CBr. The maximum Gasteiger partial charge on any atom is 0.0525 e. The van der Waals surface area contributed by atoms with E-state index in [1.807, 2.05) is 6.08 Å². The average Bonchev–Trinajstić information content (AvgIpc) is 2.04. The molecule has 0 rings (SSSR count). The first-order valence-electron chi connectivity index (χ1n) is 4.37. The van der Waals surface area contributed by atoms with E-state index in [9.17, 15) is 0 Å². The molecule has 0 aliphatic heterocycles. The predicted molar refractivity (Wildman–Crippen MR) is 57.8 cm³/mol. The van der Waals surface area contributed by atoms with Gasteiger partial charge < -0.3 is 4.74 Å². The van der Waals surface area contributed by atoms with Crippen molar-refractivity contribution >= 4 is 15.9 Å². The summed E-state index contributed by atoms with van der Waals surface area (Å²) in [5.41, 5.74) is 0.258. The maximum atomic E-state index is 5.51. The summed E-state index contributed by atoms with van der Waals surface area (Å²) < 4.78 is 5.51. The molecule has 0 unspecified atom stereocenters. The maximum absolute atomic E-state index is 5.51. The molecule has 0 saturated carbocycles. The second kappa shape index (κ2) is 6.67. The highest BCUT2D eigenvalue weighted by Crippen LogP contribution is 2.18. The summed E-state index contributed by atoms with van der Waals surface area (Å²) in [6, 6.07) is 0. The van der Waals surface area contributed by atoms with E-state index in [0.29, 0.717) is 0 Å². The molecule has 12 heavy (non-hydrogen) atoms. The molecule has 0 radical (unpaired) electrons. The molecule has 0 fully saturated rings. The van der Waals surface area contributed by atoms with Gasteiger partial charge >= 0.3 is 0 Å². The molecule has 0 heterocycles. The van der Waals surface area contributed by atoms with E-state index in [1.54, 1.807) is 0 Å². The fourth-order valence-electron chi connectivity index (χ4n) is 0.717. The fourth-order valence-corrected chi connectivity index (χ4v) is 0.879. The molecule has 72 valence electrons. The van der Waals surface area contributed by atoms with Crippen molar-refractivity contribution in [2.75, 3.05) is 18.5 Å². The Hall–Kier alpha value is 0.180. The van der Waals surface area contributed by atoms with Crippen LogP contribution in [0, 0.1) is 5.41 Å². The van der Waals surface area contributed by atoms with Gasteiger partial charge in [0, 0.05) is 11.9 Å². The van der Waals surface area contributed by atoms with Crippen LogP contribution in [0.1, 0.15) is 26.7 Å². The molecule has 0 atom stereocenters. The van der Waals surface area contributed by atoms with Crippen LogP contribution in [-0.2, 0) is 4.74 Å². The number of halogens is 1. The molecule has 0 aromatic carbocycles. The van der Waals surface area contributed by atoms with Gasteiger partial charge in [-0.3, -0.25) is 0 Å². The molecular weight excluding hydrogens is 216 g/mol. The minimum absolute atomic E-state index is 0.258. The molecule has 0 bridgehead atoms. The van der Waals surface area contributed by atoms with Crippen LogP contribution in [0.2, 0.25) is 0 Å². The third-order valence-corrected chi connectivity index (χ3v) is 3.07. The fraction of sp³-hybridized carbons (Fsp3) is 0.800. The quantitative estimate of drug-likeness (QED) is 0.373. The van der Waals surface area contributed by atoms with E-state index < -0.39 is 0 Å². The number of alkyl halides is 1. The van der Waals surface area contributed by atoms with Crippen molar-refractivity contribution in [1.82, 2.24) is 0 Å². The third-order valence-electron chi connectivity index (χ3n) is 1.55. The lowest BCUT2D eigenvalue weighted by atomic mass is 9.98. The number of unbranched alkanes of at least 4 members (excludes halogenated alkanes) is 1. The lowest BCUT2D eigenvalue weighted by molar-refractivity contribution is 0.0728. The van der Waals surface area contributed by atoms with E-state index in [4.69, 9.17) is 4.74 Å². The third kappa shape index (κ3) is 6.86. The van der Waals surface area contributed by atoms with Gasteiger partial charge in [-0.1, -0.05) is 35.9 Å². The highest BCUT2D eigenvalue weighted by molar-refractivity contribution is 9.09. The summed E-state index contributed by atoms with van der Waals surface area (Å²) in [5, 5.41) is 0.988. The van der Waals surface area contributed by atoms with Crippen LogP contribution in [0.15, 0.2) is 12.7 Å². The Morgan fingerprint density at radius 1 is 1.50 bits per heavy atom. The van der Waals surface area contributed by atoms with E-state index in [0.717, 1.165) is 31.4 Å². The normalized spacial score (nSPS) is 11.6. The summed E-state index contributed by atoms with van der Waals surface area (Å²) in [5.74, 6) is 0. The summed E-state index contributed by atoms with van der Waals surface area (Å²) in [4.78, 5) is 0. The zero-order valence-electron chi connectivity index (χ0n) is 8.11. The van der Waals surface area contributed by atoms with Crippen molar-refractivity contribution in [1.29, 1.82) is 0 Å². The Labute approximate surface area is 84.3 Å². The molecule has 0 aliphatic rings. The number of hydrogen-bond acceptors (Lipinski definition) is 1. The van der Waals surface area contributed by atoms with Gasteiger partial charge in [0.15, 0.2) is 0 Å². The smallest absolute Gasteiger partial charge is 0.0525 e. The number of ether oxygens (including phenoxy) is 1. The Morgan fingerprint density at radius 3 is 2.67 bits per heavy atom. The first kappa shape index (κ1) is 12.2. The van der Waals surface area contributed by atoms with Crippen LogP contribution in [0.3, 0.4) is 0 Å². The van der Waals surface area contributed by atoms with Crippen molar-refractivity contribution in [3.63, 3.8) is 0 Å². The Kier molecular flexibility index (Phi) is 6.77. The van der Waals surface area contributed by atoms with Crippen LogP contribution in [0.25, 0.3) is 0 Å². The van der Waals surface area contributed by atoms with Crippen LogP contribution in [-0.4, -0.2) is 18.5 Å². The van der Waals surface area contributed by atoms with Gasteiger partial charge in [-0.05, 0) is 18.3 Å².